The second-order valence-corrected chi connectivity index (χ2v) is 6.28. The summed E-state index contributed by atoms with van der Waals surface area (Å²) < 4.78 is 0. The van der Waals surface area contributed by atoms with E-state index in [1.54, 1.807) is 0 Å². The molecule has 23 heavy (non-hydrogen) atoms. The molecule has 3 heteroatoms. The molecule has 0 aliphatic heterocycles. The van der Waals surface area contributed by atoms with E-state index >= 15 is 0 Å². The number of hydrogen-bond donors (Lipinski definition) is 2. The Morgan fingerprint density at radius 1 is 1.09 bits per heavy atom. The zero-order valence-electron chi connectivity index (χ0n) is 14.3. The summed E-state index contributed by atoms with van der Waals surface area (Å²) in [7, 11) is 2.04. The molecule has 0 aliphatic rings. The van der Waals surface area contributed by atoms with Gasteiger partial charge in [-0.1, -0.05) is 56.3 Å². The van der Waals surface area contributed by atoms with Gasteiger partial charge in [0.15, 0.2) is 6.54 Å². The number of rotatable bonds is 7. The first-order valence-electron chi connectivity index (χ1n) is 8.33. The van der Waals surface area contributed by atoms with E-state index in [0.29, 0.717) is 12.5 Å². The maximum absolute atomic E-state index is 12.2. The van der Waals surface area contributed by atoms with Gasteiger partial charge in [0.05, 0.1) is 7.05 Å². The molecule has 2 aromatic rings. The molecular weight excluding hydrogens is 284 g/mol. The molecule has 0 heterocycles. The van der Waals surface area contributed by atoms with Crippen molar-refractivity contribution >= 4 is 11.6 Å². The lowest BCUT2D eigenvalue weighted by molar-refractivity contribution is -0.885. The molecule has 2 atom stereocenters. The van der Waals surface area contributed by atoms with E-state index in [1.165, 1.54) is 16.0 Å². The Bertz CT molecular complexity index is 607. The van der Waals surface area contributed by atoms with Gasteiger partial charge in [-0.15, -0.1) is 0 Å². The summed E-state index contributed by atoms with van der Waals surface area (Å²) in [5, 5.41) is 2.98. The molecule has 0 aromatic heterocycles. The average Bonchev–Trinajstić information content (AvgIpc) is 2.55. The molecule has 2 aromatic carbocycles. The first kappa shape index (κ1) is 17.2. The van der Waals surface area contributed by atoms with E-state index < -0.39 is 0 Å². The minimum atomic E-state index is 0.0507. The number of nitrogens with one attached hydrogen (secondary N) is 2. The number of anilines is 1. The molecular formula is C20H27N2O+. The smallest absolute Gasteiger partial charge is 0.279 e. The van der Waals surface area contributed by atoms with Crippen LogP contribution in [0, 0.1) is 0 Å². The molecule has 0 saturated carbocycles. The molecule has 3 nitrogen and oxygen atoms in total. The van der Waals surface area contributed by atoms with Crippen molar-refractivity contribution in [2.24, 2.45) is 0 Å². The highest BCUT2D eigenvalue weighted by Crippen LogP contribution is 2.20. The third kappa shape index (κ3) is 5.53. The largest absolute Gasteiger partial charge is 0.326 e. The van der Waals surface area contributed by atoms with Gasteiger partial charge in [0.2, 0.25) is 0 Å². The summed E-state index contributed by atoms with van der Waals surface area (Å²) in [5.74, 6) is 0.607. The molecule has 122 valence electrons. The first-order chi connectivity index (χ1) is 11.1. The average molecular weight is 311 g/mol. The van der Waals surface area contributed by atoms with Crippen molar-refractivity contribution in [3.8, 4) is 0 Å². The van der Waals surface area contributed by atoms with Crippen LogP contribution in [0.1, 0.15) is 37.3 Å². The fraction of sp³-hybridized carbons (Fsp3) is 0.350. The number of benzene rings is 2. The summed E-state index contributed by atoms with van der Waals surface area (Å²) in [6, 6.07) is 18.4. The highest BCUT2D eigenvalue weighted by atomic mass is 16.2. The second kappa shape index (κ2) is 8.49. The van der Waals surface area contributed by atoms with Crippen LogP contribution in [0.25, 0.3) is 0 Å². The van der Waals surface area contributed by atoms with E-state index in [1.807, 2.05) is 37.4 Å². The highest BCUT2D eigenvalue weighted by molar-refractivity contribution is 5.91. The summed E-state index contributed by atoms with van der Waals surface area (Å²) in [4.78, 5) is 13.3. The van der Waals surface area contributed by atoms with Crippen LogP contribution in [0.3, 0.4) is 0 Å². The van der Waals surface area contributed by atoms with Gasteiger partial charge < -0.3 is 10.2 Å². The lowest BCUT2D eigenvalue weighted by Gasteiger charge is -2.14. The van der Waals surface area contributed by atoms with Crippen LogP contribution < -0.4 is 10.2 Å². The van der Waals surface area contributed by atoms with E-state index in [0.717, 1.165) is 18.7 Å². The Labute approximate surface area is 139 Å². The van der Waals surface area contributed by atoms with Crippen molar-refractivity contribution in [2.75, 3.05) is 18.9 Å². The zero-order valence-corrected chi connectivity index (χ0v) is 14.3. The maximum Gasteiger partial charge on any atom is 0.279 e. The first-order valence-corrected chi connectivity index (χ1v) is 8.33. The highest BCUT2D eigenvalue weighted by Gasteiger charge is 2.11. The lowest BCUT2D eigenvalue weighted by atomic mass is 9.99. The minimum absolute atomic E-state index is 0.0507. The Hall–Kier alpha value is -2.13. The van der Waals surface area contributed by atoms with E-state index in [9.17, 15) is 4.79 Å². The molecule has 0 spiro atoms. The van der Waals surface area contributed by atoms with Gasteiger partial charge in [0.25, 0.3) is 5.91 Å². The number of quaternary nitrogens is 1. The zero-order chi connectivity index (χ0) is 16.7. The van der Waals surface area contributed by atoms with Gasteiger partial charge in [-0.05, 0) is 30.0 Å². The van der Waals surface area contributed by atoms with Gasteiger partial charge in [-0.25, -0.2) is 0 Å². The summed E-state index contributed by atoms with van der Waals surface area (Å²) in [5.41, 5.74) is 3.43. The SMILES string of the molecule is CC[C@@H](C)c1ccc(NC(=O)C[NH+](C)Cc2ccccc2)cc1. The fourth-order valence-corrected chi connectivity index (χ4v) is 2.62. The van der Waals surface area contributed by atoms with Crippen molar-refractivity contribution < 1.29 is 9.69 Å². The predicted molar refractivity (Wildman–Crippen MR) is 95.7 cm³/mol. The van der Waals surface area contributed by atoms with Crippen LogP contribution in [-0.4, -0.2) is 19.5 Å². The lowest BCUT2D eigenvalue weighted by Crippen LogP contribution is -3.08. The summed E-state index contributed by atoms with van der Waals surface area (Å²) in [6.45, 7) is 5.71. The Morgan fingerprint density at radius 3 is 2.35 bits per heavy atom. The third-order valence-corrected chi connectivity index (χ3v) is 4.19. The van der Waals surface area contributed by atoms with Gasteiger partial charge in [0, 0.05) is 11.3 Å². The van der Waals surface area contributed by atoms with Crippen LogP contribution in [0.15, 0.2) is 54.6 Å². The van der Waals surface area contributed by atoms with E-state index in [-0.39, 0.29) is 5.91 Å². The number of likely N-dealkylation sites (N-methyl/N-ethyl adjacent to an activating group) is 1. The number of carbonyl (C=O) groups is 1. The van der Waals surface area contributed by atoms with Crippen molar-refractivity contribution in [3.05, 3.63) is 65.7 Å². The van der Waals surface area contributed by atoms with Crippen LogP contribution in [0.4, 0.5) is 5.69 Å². The van der Waals surface area contributed by atoms with Gasteiger partial charge in [-0.3, -0.25) is 4.79 Å². The number of carbonyl (C=O) groups excluding carboxylic acids is 1. The van der Waals surface area contributed by atoms with Gasteiger partial charge >= 0.3 is 0 Å². The van der Waals surface area contributed by atoms with Crippen molar-refractivity contribution in [1.82, 2.24) is 0 Å². The normalized spacial score (nSPS) is 13.3. The molecule has 2 rings (SSSR count). The molecule has 1 amide bonds. The second-order valence-electron chi connectivity index (χ2n) is 6.28. The third-order valence-electron chi connectivity index (χ3n) is 4.19. The summed E-state index contributed by atoms with van der Waals surface area (Å²) in [6.07, 6.45) is 1.12. The monoisotopic (exact) mass is 311 g/mol. The van der Waals surface area contributed by atoms with Gasteiger partial charge in [-0.2, -0.15) is 0 Å². The Morgan fingerprint density at radius 2 is 1.74 bits per heavy atom. The van der Waals surface area contributed by atoms with Crippen LogP contribution in [0.5, 0.6) is 0 Å². The Balaban J connectivity index is 1.84. The molecule has 0 fully saturated rings. The number of hydrogen-bond acceptors (Lipinski definition) is 1. The quantitative estimate of drug-likeness (QED) is 0.810. The molecule has 2 N–H and O–H groups in total. The fourth-order valence-electron chi connectivity index (χ4n) is 2.62. The van der Waals surface area contributed by atoms with Crippen LogP contribution in [-0.2, 0) is 11.3 Å². The molecule has 1 unspecified atom stereocenters. The van der Waals surface area contributed by atoms with E-state index in [2.05, 4.69) is 43.4 Å². The van der Waals surface area contributed by atoms with E-state index in [4.69, 9.17) is 0 Å². The van der Waals surface area contributed by atoms with Crippen molar-refractivity contribution in [1.29, 1.82) is 0 Å². The molecule has 0 saturated heterocycles. The standard InChI is InChI=1S/C20H26N2O/c1-4-16(2)18-10-12-19(13-11-18)21-20(23)15-22(3)14-17-8-6-5-7-9-17/h5-13,16H,4,14-15H2,1-3H3,(H,21,23)/p+1/t16-/m1/s1. The minimum Gasteiger partial charge on any atom is -0.326 e. The predicted octanol–water partition coefficient (Wildman–Crippen LogP) is 2.85. The number of amides is 1. The molecule has 0 aliphatic carbocycles. The van der Waals surface area contributed by atoms with Crippen molar-refractivity contribution in [3.63, 3.8) is 0 Å². The van der Waals surface area contributed by atoms with Crippen LogP contribution >= 0.6 is 0 Å². The topological polar surface area (TPSA) is 33.5 Å². The van der Waals surface area contributed by atoms with Gasteiger partial charge in [0.1, 0.15) is 6.54 Å². The molecule has 0 radical (unpaired) electrons. The van der Waals surface area contributed by atoms with Crippen LogP contribution in [0.2, 0.25) is 0 Å². The maximum atomic E-state index is 12.2. The summed E-state index contributed by atoms with van der Waals surface area (Å²) >= 11 is 0. The Kier molecular flexibility index (Phi) is 6.36. The van der Waals surface area contributed by atoms with Crippen molar-refractivity contribution in [2.45, 2.75) is 32.7 Å². The molecule has 0 bridgehead atoms.